The molecule has 4 aliphatic carbocycles. The van der Waals surface area contributed by atoms with Crippen LogP contribution in [-0.4, -0.2) is 35.4 Å². The van der Waals surface area contributed by atoms with E-state index in [2.05, 4.69) is 20.8 Å². The van der Waals surface area contributed by atoms with E-state index in [0.717, 1.165) is 56.9 Å². The molecule has 208 valence electrons. The average molecular weight is 515 g/mol. The number of hydrogen-bond acceptors (Lipinski definition) is 5. The third-order valence-corrected chi connectivity index (χ3v) is 11.9. The summed E-state index contributed by atoms with van der Waals surface area (Å²) >= 11 is 0. The zero-order chi connectivity index (χ0) is 26.3. The van der Waals surface area contributed by atoms with Crippen molar-refractivity contribution in [2.45, 2.75) is 135 Å². The van der Waals surface area contributed by atoms with Crippen LogP contribution in [0.3, 0.4) is 0 Å². The summed E-state index contributed by atoms with van der Waals surface area (Å²) in [5.74, 6) is 0.606. The molecule has 0 aromatic heterocycles. The van der Waals surface area contributed by atoms with E-state index >= 15 is 0 Å². The van der Waals surface area contributed by atoms with E-state index in [1.54, 1.807) is 6.08 Å². The van der Waals surface area contributed by atoms with Crippen molar-refractivity contribution < 1.29 is 24.2 Å². The molecule has 0 saturated heterocycles. The van der Waals surface area contributed by atoms with Crippen molar-refractivity contribution in [3.05, 3.63) is 11.6 Å². The van der Waals surface area contributed by atoms with Crippen LogP contribution in [0.15, 0.2) is 11.6 Å². The summed E-state index contributed by atoms with van der Waals surface area (Å²) < 4.78 is 11.7. The van der Waals surface area contributed by atoms with Crippen molar-refractivity contribution in [1.82, 2.24) is 0 Å². The van der Waals surface area contributed by atoms with Gasteiger partial charge in [0, 0.05) is 17.4 Å². The first-order valence-electron chi connectivity index (χ1n) is 15.5. The molecule has 0 radical (unpaired) electrons. The Bertz CT molecular complexity index is 884. The fourth-order valence-corrected chi connectivity index (χ4v) is 9.80. The molecule has 0 spiro atoms. The van der Waals surface area contributed by atoms with Gasteiger partial charge in [-0.25, -0.2) is 4.79 Å². The van der Waals surface area contributed by atoms with Crippen molar-refractivity contribution in [3.8, 4) is 0 Å². The highest BCUT2D eigenvalue weighted by atomic mass is 16.5. The van der Waals surface area contributed by atoms with E-state index in [0.29, 0.717) is 25.4 Å². The zero-order valence-electron chi connectivity index (χ0n) is 23.6. The molecule has 4 saturated carbocycles. The van der Waals surface area contributed by atoms with E-state index in [1.165, 1.54) is 38.5 Å². The molecule has 6 atom stereocenters. The molecule has 5 nitrogen and oxygen atoms in total. The highest BCUT2D eigenvalue weighted by molar-refractivity contribution is 5.85. The zero-order valence-corrected chi connectivity index (χ0v) is 23.6. The fourth-order valence-electron chi connectivity index (χ4n) is 9.80. The lowest BCUT2D eigenvalue weighted by Gasteiger charge is -2.67. The summed E-state index contributed by atoms with van der Waals surface area (Å²) in [6.45, 7) is 7.32. The smallest absolute Gasteiger partial charge is 0.331 e. The van der Waals surface area contributed by atoms with Gasteiger partial charge in [-0.1, -0.05) is 65.7 Å². The summed E-state index contributed by atoms with van der Waals surface area (Å²) in [5, 5.41) is 12.7. The maximum atomic E-state index is 13.5. The first-order chi connectivity index (χ1) is 17.7. The Kier molecular flexibility index (Phi) is 7.84. The van der Waals surface area contributed by atoms with Crippen molar-refractivity contribution in [3.63, 3.8) is 0 Å². The van der Waals surface area contributed by atoms with E-state index < -0.39 is 5.60 Å². The average Bonchev–Trinajstić information content (AvgIpc) is 3.32. The number of hydrogen-bond donors (Lipinski definition) is 1. The van der Waals surface area contributed by atoms with Gasteiger partial charge in [0.25, 0.3) is 0 Å². The van der Waals surface area contributed by atoms with Gasteiger partial charge >= 0.3 is 11.9 Å². The molecular formula is C32H50O5. The minimum atomic E-state index is -0.867. The molecule has 4 fully saturated rings. The van der Waals surface area contributed by atoms with E-state index in [-0.39, 0.29) is 46.6 Å². The third-order valence-electron chi connectivity index (χ3n) is 11.9. The Hall–Kier alpha value is -1.36. The molecule has 1 N–H and O–H groups in total. The highest BCUT2D eigenvalue weighted by Gasteiger charge is 2.67. The Labute approximate surface area is 224 Å². The normalized spacial score (nSPS) is 41.6. The third kappa shape index (κ3) is 4.92. The topological polar surface area (TPSA) is 72.8 Å². The van der Waals surface area contributed by atoms with Crippen molar-refractivity contribution in [2.24, 2.45) is 34.5 Å². The Morgan fingerprint density at radius 3 is 2.35 bits per heavy atom. The van der Waals surface area contributed by atoms with Crippen LogP contribution in [0, 0.1) is 34.5 Å². The molecule has 0 aromatic carbocycles. The summed E-state index contributed by atoms with van der Waals surface area (Å²) in [4.78, 5) is 25.2. The van der Waals surface area contributed by atoms with E-state index in [4.69, 9.17) is 9.47 Å². The largest absolute Gasteiger partial charge is 0.462 e. The van der Waals surface area contributed by atoms with Gasteiger partial charge in [-0.05, 0) is 80.6 Å². The van der Waals surface area contributed by atoms with Gasteiger partial charge in [0.2, 0.25) is 0 Å². The van der Waals surface area contributed by atoms with Gasteiger partial charge in [0.05, 0.1) is 11.5 Å². The molecule has 0 bridgehead atoms. The highest BCUT2D eigenvalue weighted by Crippen LogP contribution is 2.67. The van der Waals surface area contributed by atoms with E-state index in [1.807, 2.05) is 0 Å². The van der Waals surface area contributed by atoms with Gasteiger partial charge in [-0.2, -0.15) is 0 Å². The van der Waals surface area contributed by atoms with Gasteiger partial charge in [0.1, 0.15) is 12.7 Å². The number of cyclic esters (lactones) is 1. The fraction of sp³-hybridized carbons (Fsp3) is 0.875. The molecular weight excluding hydrogens is 464 g/mol. The Morgan fingerprint density at radius 2 is 1.70 bits per heavy atom. The second-order valence-electron chi connectivity index (χ2n) is 13.9. The van der Waals surface area contributed by atoms with Crippen LogP contribution in [0.5, 0.6) is 0 Å². The molecule has 37 heavy (non-hydrogen) atoms. The summed E-state index contributed by atoms with van der Waals surface area (Å²) in [7, 11) is 0. The molecule has 0 amide bonds. The maximum absolute atomic E-state index is 13.5. The van der Waals surface area contributed by atoms with Crippen LogP contribution in [-0.2, 0) is 19.1 Å². The van der Waals surface area contributed by atoms with Crippen molar-refractivity contribution in [2.75, 3.05) is 6.61 Å². The minimum absolute atomic E-state index is 0.0187. The molecule has 0 aromatic rings. The van der Waals surface area contributed by atoms with Crippen molar-refractivity contribution in [1.29, 1.82) is 0 Å². The molecule has 1 heterocycles. The number of fused-ring (bicyclic) bond motifs is 1. The second-order valence-corrected chi connectivity index (χ2v) is 13.9. The lowest BCUT2D eigenvalue weighted by atomic mass is 9.40. The second kappa shape index (κ2) is 10.7. The SMILES string of the molecule is CC1CC(OC(=O)C2CCCCC2)C2C(C)(C3CCCCC3)CCCC2(C)C1(O)CCC1=CC(=O)OC1. The Morgan fingerprint density at radius 1 is 1.03 bits per heavy atom. The number of aliphatic hydroxyl groups is 1. The molecule has 5 aliphatic rings. The Balaban J connectivity index is 1.47. The molecule has 5 rings (SSSR count). The van der Waals surface area contributed by atoms with Crippen LogP contribution in [0.2, 0.25) is 0 Å². The van der Waals surface area contributed by atoms with Crippen LogP contribution >= 0.6 is 0 Å². The first kappa shape index (κ1) is 27.2. The predicted molar refractivity (Wildman–Crippen MR) is 144 cm³/mol. The van der Waals surface area contributed by atoms with Crippen LogP contribution < -0.4 is 0 Å². The number of carbonyl (C=O) groups excluding carboxylic acids is 2. The lowest BCUT2D eigenvalue weighted by Crippen LogP contribution is -2.68. The van der Waals surface area contributed by atoms with Crippen LogP contribution in [0.25, 0.3) is 0 Å². The van der Waals surface area contributed by atoms with Gasteiger partial charge in [-0.3, -0.25) is 4.79 Å². The predicted octanol–water partition coefficient (Wildman–Crippen LogP) is 6.91. The molecule has 6 unspecified atom stereocenters. The molecule has 5 heteroatoms. The number of rotatable bonds is 6. The van der Waals surface area contributed by atoms with Gasteiger partial charge < -0.3 is 14.6 Å². The van der Waals surface area contributed by atoms with Crippen LogP contribution in [0.1, 0.15) is 124 Å². The quantitative estimate of drug-likeness (QED) is 0.390. The maximum Gasteiger partial charge on any atom is 0.331 e. The minimum Gasteiger partial charge on any atom is -0.462 e. The summed E-state index contributed by atoms with van der Waals surface area (Å²) in [6.07, 6.45) is 18.6. The number of carbonyl (C=O) groups is 2. The summed E-state index contributed by atoms with van der Waals surface area (Å²) in [6, 6.07) is 0. The monoisotopic (exact) mass is 514 g/mol. The molecule has 1 aliphatic heterocycles. The van der Waals surface area contributed by atoms with Crippen molar-refractivity contribution >= 4 is 11.9 Å². The van der Waals surface area contributed by atoms with E-state index in [9.17, 15) is 14.7 Å². The van der Waals surface area contributed by atoms with Crippen LogP contribution in [0.4, 0.5) is 0 Å². The number of esters is 2. The lowest BCUT2D eigenvalue weighted by molar-refractivity contribution is -0.262. The van der Waals surface area contributed by atoms with Gasteiger partial charge in [0.15, 0.2) is 0 Å². The first-order valence-corrected chi connectivity index (χ1v) is 15.5. The standard InChI is InChI=1S/C32H50O5/c1-22-19-26(37-29(34)24-11-6-4-7-12-24)28-30(2,25-13-8-5-9-14-25)16-10-17-31(28,3)32(22,35)18-15-23-20-27(33)36-21-23/h20,22,24-26,28,35H,4-19,21H2,1-3H3. The summed E-state index contributed by atoms with van der Waals surface area (Å²) in [5.41, 5.74) is -0.155. The van der Waals surface area contributed by atoms with Gasteiger partial charge in [-0.15, -0.1) is 0 Å². The number of ether oxygens (including phenoxy) is 2.